The van der Waals surface area contributed by atoms with Crippen LogP contribution in [0.4, 0.5) is 17.2 Å². The van der Waals surface area contributed by atoms with E-state index in [9.17, 15) is 0 Å². The molecule has 0 radical (unpaired) electrons. The lowest BCUT2D eigenvalue weighted by atomic mass is 10.1. The zero-order valence-corrected chi connectivity index (χ0v) is 16.8. The number of anilines is 2. The summed E-state index contributed by atoms with van der Waals surface area (Å²) in [5.41, 5.74) is 2.76. The molecular formula is C26H22N4. The van der Waals surface area contributed by atoms with Crippen LogP contribution in [0.5, 0.6) is 0 Å². The molecule has 5 aromatic rings. The number of benzene rings is 4. The Bertz CT molecular complexity index is 1410. The summed E-state index contributed by atoms with van der Waals surface area (Å²) in [6.45, 7) is 2.92. The first-order valence-electron chi connectivity index (χ1n) is 10.2. The molecule has 0 aliphatic rings. The van der Waals surface area contributed by atoms with E-state index in [2.05, 4.69) is 94.6 Å². The number of hydrogen-bond acceptors (Lipinski definition) is 3. The fourth-order valence-corrected chi connectivity index (χ4v) is 3.80. The van der Waals surface area contributed by atoms with Gasteiger partial charge in [-0.25, -0.2) is 9.98 Å². The zero-order chi connectivity index (χ0) is 20.3. The van der Waals surface area contributed by atoms with E-state index in [1.54, 1.807) is 0 Å². The minimum atomic E-state index is 0.739. The lowest BCUT2D eigenvalue weighted by Gasteiger charge is -2.13. The molecule has 146 valence electrons. The number of rotatable bonds is 4. The molecule has 0 fully saturated rings. The van der Waals surface area contributed by atoms with Gasteiger partial charge in [0.2, 0.25) is 0 Å². The fraction of sp³-hybridized carbons (Fsp3) is 0.0769. The third-order valence-electron chi connectivity index (χ3n) is 5.31. The van der Waals surface area contributed by atoms with E-state index in [0.29, 0.717) is 0 Å². The second-order valence-electron chi connectivity index (χ2n) is 7.15. The van der Waals surface area contributed by atoms with Crippen LogP contribution < -0.4 is 10.8 Å². The molecule has 0 saturated carbocycles. The Balaban J connectivity index is 1.70. The zero-order valence-electron chi connectivity index (χ0n) is 16.8. The van der Waals surface area contributed by atoms with Gasteiger partial charge >= 0.3 is 0 Å². The van der Waals surface area contributed by atoms with Gasteiger partial charge in [-0.1, -0.05) is 72.8 Å². The highest BCUT2D eigenvalue weighted by molar-refractivity contribution is 5.95. The van der Waals surface area contributed by atoms with Crippen molar-refractivity contribution in [2.75, 3.05) is 5.32 Å². The van der Waals surface area contributed by atoms with Crippen LogP contribution in [0, 0.1) is 0 Å². The number of hydrogen-bond donors (Lipinski definition) is 1. The van der Waals surface area contributed by atoms with E-state index < -0.39 is 0 Å². The molecule has 0 aliphatic carbocycles. The van der Waals surface area contributed by atoms with Crippen molar-refractivity contribution < 1.29 is 0 Å². The summed E-state index contributed by atoms with van der Waals surface area (Å²) in [4.78, 5) is 9.69. The molecule has 0 bridgehead atoms. The maximum Gasteiger partial charge on any atom is 0.176 e. The molecule has 0 unspecified atom stereocenters. The van der Waals surface area contributed by atoms with Gasteiger partial charge in [0.1, 0.15) is 0 Å². The number of aryl methyl sites for hydroxylation is 1. The Kier molecular flexibility index (Phi) is 4.74. The van der Waals surface area contributed by atoms with E-state index in [1.165, 1.54) is 10.8 Å². The van der Waals surface area contributed by atoms with Crippen molar-refractivity contribution in [1.29, 1.82) is 0 Å². The number of nitrogens with zero attached hydrogens (tertiary/aromatic N) is 3. The lowest BCUT2D eigenvalue weighted by Crippen LogP contribution is -2.24. The standard InChI is InChI=1S/C26H22N4/c1-2-30-18-17-27-25(28-23-15-7-11-19-9-3-5-13-21(19)23)26(30)29-24-16-8-12-20-10-4-6-14-22(20)24/h3-18H,2H2,1H3,(H,27,28). The maximum absolute atomic E-state index is 5.05. The molecule has 1 N–H and O–H groups in total. The molecule has 0 saturated heterocycles. The molecule has 5 rings (SSSR count). The van der Waals surface area contributed by atoms with Crippen LogP contribution in [0.2, 0.25) is 0 Å². The average Bonchev–Trinajstić information content (AvgIpc) is 2.80. The molecule has 1 aromatic heterocycles. The van der Waals surface area contributed by atoms with Gasteiger partial charge in [0, 0.05) is 35.4 Å². The van der Waals surface area contributed by atoms with Crippen molar-refractivity contribution in [1.82, 2.24) is 9.55 Å². The van der Waals surface area contributed by atoms with Crippen LogP contribution in [0.25, 0.3) is 21.5 Å². The van der Waals surface area contributed by atoms with Gasteiger partial charge < -0.3 is 9.88 Å². The van der Waals surface area contributed by atoms with E-state index in [1.807, 2.05) is 24.5 Å². The molecule has 4 heteroatoms. The Morgan fingerprint density at radius 1 is 0.800 bits per heavy atom. The van der Waals surface area contributed by atoms with Crippen LogP contribution >= 0.6 is 0 Å². The SMILES string of the molecule is CCn1ccnc(Nc2cccc3ccccc23)c1=Nc1cccc2ccccc12. The summed E-state index contributed by atoms with van der Waals surface area (Å²) in [5, 5.41) is 8.18. The van der Waals surface area contributed by atoms with Crippen molar-refractivity contribution in [3.63, 3.8) is 0 Å². The van der Waals surface area contributed by atoms with Crippen LogP contribution in [0.1, 0.15) is 6.92 Å². The summed E-state index contributed by atoms with van der Waals surface area (Å²) in [5.74, 6) is 0.739. The van der Waals surface area contributed by atoms with Gasteiger partial charge in [-0.05, 0) is 29.8 Å². The van der Waals surface area contributed by atoms with Crippen molar-refractivity contribution in [3.05, 3.63) is 103 Å². The predicted octanol–water partition coefficient (Wildman–Crippen LogP) is 6.19. The first-order chi connectivity index (χ1) is 14.8. The second-order valence-corrected chi connectivity index (χ2v) is 7.15. The topological polar surface area (TPSA) is 42.2 Å². The molecule has 4 aromatic carbocycles. The van der Waals surface area contributed by atoms with Gasteiger partial charge in [-0.15, -0.1) is 0 Å². The van der Waals surface area contributed by atoms with Gasteiger partial charge in [0.05, 0.1) is 5.69 Å². The Morgan fingerprint density at radius 2 is 1.47 bits per heavy atom. The minimum absolute atomic E-state index is 0.739. The largest absolute Gasteiger partial charge is 0.337 e. The lowest BCUT2D eigenvalue weighted by molar-refractivity contribution is 0.707. The number of aromatic nitrogens is 2. The third-order valence-corrected chi connectivity index (χ3v) is 5.31. The van der Waals surface area contributed by atoms with Crippen molar-refractivity contribution in [2.24, 2.45) is 4.99 Å². The molecule has 0 aliphatic heterocycles. The quantitative estimate of drug-likeness (QED) is 0.398. The van der Waals surface area contributed by atoms with Crippen molar-refractivity contribution in [2.45, 2.75) is 13.5 Å². The summed E-state index contributed by atoms with van der Waals surface area (Å²) in [6.07, 6.45) is 3.79. The number of fused-ring (bicyclic) bond motifs is 2. The van der Waals surface area contributed by atoms with E-state index >= 15 is 0 Å². The molecule has 4 nitrogen and oxygen atoms in total. The van der Waals surface area contributed by atoms with Crippen LogP contribution in [0.15, 0.2) is 102 Å². The minimum Gasteiger partial charge on any atom is -0.337 e. The first-order valence-corrected chi connectivity index (χ1v) is 10.2. The van der Waals surface area contributed by atoms with Gasteiger partial charge in [0.15, 0.2) is 11.3 Å². The van der Waals surface area contributed by atoms with Gasteiger partial charge in [0.25, 0.3) is 0 Å². The molecule has 1 heterocycles. The second kappa shape index (κ2) is 7.84. The Morgan fingerprint density at radius 3 is 2.27 bits per heavy atom. The van der Waals surface area contributed by atoms with E-state index in [0.717, 1.165) is 40.0 Å². The maximum atomic E-state index is 5.05. The summed E-state index contributed by atoms with van der Waals surface area (Å²) in [6, 6.07) is 29.1. The van der Waals surface area contributed by atoms with Gasteiger partial charge in [-0.2, -0.15) is 0 Å². The Hall–Kier alpha value is -3.92. The summed E-state index contributed by atoms with van der Waals surface area (Å²) >= 11 is 0. The van der Waals surface area contributed by atoms with Crippen molar-refractivity contribution >= 4 is 38.7 Å². The monoisotopic (exact) mass is 390 g/mol. The molecule has 0 amide bonds. The van der Waals surface area contributed by atoms with E-state index in [-0.39, 0.29) is 0 Å². The summed E-state index contributed by atoms with van der Waals surface area (Å²) < 4.78 is 2.11. The summed E-state index contributed by atoms with van der Waals surface area (Å²) in [7, 11) is 0. The highest BCUT2D eigenvalue weighted by Crippen LogP contribution is 2.27. The molecule has 0 spiro atoms. The highest BCUT2D eigenvalue weighted by atomic mass is 15.1. The third kappa shape index (κ3) is 3.33. The van der Waals surface area contributed by atoms with Crippen molar-refractivity contribution in [3.8, 4) is 0 Å². The smallest absolute Gasteiger partial charge is 0.176 e. The number of nitrogens with one attached hydrogen (secondary N) is 1. The van der Waals surface area contributed by atoms with Crippen LogP contribution in [-0.2, 0) is 6.54 Å². The van der Waals surface area contributed by atoms with Crippen LogP contribution in [0.3, 0.4) is 0 Å². The predicted molar refractivity (Wildman–Crippen MR) is 124 cm³/mol. The highest BCUT2D eigenvalue weighted by Gasteiger charge is 2.07. The molecular weight excluding hydrogens is 368 g/mol. The fourth-order valence-electron chi connectivity index (χ4n) is 3.80. The normalized spacial score (nSPS) is 11.8. The van der Waals surface area contributed by atoms with Gasteiger partial charge in [-0.3, -0.25) is 0 Å². The average molecular weight is 390 g/mol. The van der Waals surface area contributed by atoms with E-state index in [4.69, 9.17) is 4.99 Å². The first kappa shape index (κ1) is 18.1. The molecule has 30 heavy (non-hydrogen) atoms. The molecule has 0 atom stereocenters. The Labute approximate surface area is 175 Å². The van der Waals surface area contributed by atoms with Crippen LogP contribution in [-0.4, -0.2) is 9.55 Å².